The molecule has 10 heavy (non-hydrogen) atoms. The monoisotopic (exact) mass is 192 g/mol. The van der Waals surface area contributed by atoms with Gasteiger partial charge in [-0.2, -0.15) is 0 Å². The van der Waals surface area contributed by atoms with Crippen LogP contribution in [0.25, 0.3) is 0 Å². The number of thiocarbonyl (C=S) groups is 1. The Bertz CT molecular complexity index is 82.6. The van der Waals surface area contributed by atoms with Gasteiger partial charge in [0, 0.05) is 0 Å². The van der Waals surface area contributed by atoms with Gasteiger partial charge in [0.1, 0.15) is 0 Å². The molecule has 0 aliphatic carbocycles. The summed E-state index contributed by atoms with van der Waals surface area (Å²) in [5.41, 5.74) is 0. The number of rotatable bonds is 2. The summed E-state index contributed by atoms with van der Waals surface area (Å²) < 4.78 is 0.469. The van der Waals surface area contributed by atoms with E-state index in [4.69, 9.17) is 15.3 Å². The van der Waals surface area contributed by atoms with E-state index in [0.29, 0.717) is 0 Å². The Hall–Kier alpha value is 1.16. The second kappa shape index (κ2) is 10.2. The third-order valence-electron chi connectivity index (χ3n) is 0.682. The molecule has 0 rings (SSSR count). The van der Waals surface area contributed by atoms with Crippen LogP contribution < -0.4 is 0 Å². The fourth-order valence-electron chi connectivity index (χ4n) is 0.129. The first-order chi connectivity index (χ1) is 4.54. The van der Waals surface area contributed by atoms with Crippen LogP contribution in [0.2, 0.25) is 3.67 Å². The molecule has 0 amide bonds. The van der Waals surface area contributed by atoms with E-state index in [2.05, 4.69) is 24.8 Å². The molecule has 0 aromatic heterocycles. The van der Waals surface area contributed by atoms with Crippen LogP contribution in [0.5, 0.6) is 0 Å². The maximum atomic E-state index is 8.45. The average molecular weight is 192 g/mol. The van der Waals surface area contributed by atoms with Gasteiger partial charge < -0.3 is 5.11 Å². The van der Waals surface area contributed by atoms with Crippen molar-refractivity contribution in [2.24, 2.45) is 0 Å². The molecule has 0 aliphatic rings. The van der Waals surface area contributed by atoms with E-state index in [1.807, 2.05) is 0 Å². The molecule has 0 saturated heterocycles. The molecule has 0 fully saturated rings. The fraction of sp³-hybridized carbons (Fsp3) is 0.750. The maximum absolute atomic E-state index is 8.45. The first-order valence-corrected chi connectivity index (χ1v) is 5.02. The van der Waals surface area contributed by atoms with Crippen molar-refractivity contribution >= 4 is 57.2 Å². The summed E-state index contributed by atoms with van der Waals surface area (Å²) in [7, 11) is 0. The van der Waals surface area contributed by atoms with E-state index >= 15 is 0 Å². The van der Waals surface area contributed by atoms with Crippen LogP contribution in [0.4, 0.5) is 0 Å². The van der Waals surface area contributed by atoms with Gasteiger partial charge in [-0.25, -0.2) is 0 Å². The molecular weight excluding hydrogens is 183 g/mol. The van der Waals surface area contributed by atoms with Crippen molar-refractivity contribution in [2.45, 2.75) is 9.77 Å². The summed E-state index contributed by atoms with van der Waals surface area (Å²) in [6.07, 6.45) is -0.448. The number of aliphatic hydroxyl groups is 3. The summed E-state index contributed by atoms with van der Waals surface area (Å²) >= 11 is 8.18. The minimum absolute atomic E-state index is 0.0799. The summed E-state index contributed by atoms with van der Waals surface area (Å²) in [4.78, 5) is 0. The van der Waals surface area contributed by atoms with Gasteiger partial charge >= 0.3 is 54.5 Å². The zero-order chi connectivity index (χ0) is 8.57. The summed E-state index contributed by atoms with van der Waals surface area (Å²) in [5.74, 6) is 0. The van der Waals surface area contributed by atoms with Crippen LogP contribution in [0.15, 0.2) is 0 Å². The van der Waals surface area contributed by atoms with Crippen LogP contribution in [0, 0.1) is 0 Å². The SMILES string of the molecule is OC(=S)S.OCC(O)[CH2][Na]. The molecule has 0 aromatic carbocycles. The van der Waals surface area contributed by atoms with Crippen molar-refractivity contribution in [1.82, 2.24) is 0 Å². The van der Waals surface area contributed by atoms with E-state index < -0.39 is 6.10 Å². The van der Waals surface area contributed by atoms with Crippen LogP contribution in [-0.4, -0.2) is 60.3 Å². The van der Waals surface area contributed by atoms with Gasteiger partial charge in [-0.1, -0.05) is 12.6 Å². The number of thiol groups is 1. The second-order valence-electron chi connectivity index (χ2n) is 1.53. The van der Waals surface area contributed by atoms with Crippen molar-refractivity contribution < 1.29 is 15.3 Å². The van der Waals surface area contributed by atoms with Gasteiger partial charge in [0.2, 0.25) is 4.38 Å². The quantitative estimate of drug-likeness (QED) is 0.275. The summed E-state index contributed by atoms with van der Waals surface area (Å²) in [6, 6.07) is 0. The number of hydrogen-bond acceptors (Lipinski definition) is 3. The van der Waals surface area contributed by atoms with Crippen molar-refractivity contribution in [3.63, 3.8) is 0 Å². The summed E-state index contributed by atoms with van der Waals surface area (Å²) in [5, 5.41) is 24.2. The standard InChI is InChI=1S/C3H7O2.CH2OS2.Na/c1-3(5)2-4;2-1(3)4;/h3-5H,1-2H2;(H2,2,3,4);. The van der Waals surface area contributed by atoms with Crippen LogP contribution in [0.3, 0.4) is 0 Å². The third-order valence-corrected chi connectivity index (χ3v) is 1.62. The van der Waals surface area contributed by atoms with Gasteiger partial charge in [0.05, 0.1) is 0 Å². The molecule has 0 radical (unpaired) electrons. The van der Waals surface area contributed by atoms with Gasteiger partial charge in [0.25, 0.3) is 0 Å². The molecule has 0 heterocycles. The van der Waals surface area contributed by atoms with E-state index in [1.54, 1.807) is 0 Å². The molecule has 3 nitrogen and oxygen atoms in total. The molecule has 1 atom stereocenters. The second-order valence-corrected chi connectivity index (χ2v) is 3.46. The molecule has 0 saturated carbocycles. The zero-order valence-electron chi connectivity index (χ0n) is 5.69. The Balaban J connectivity index is 0. The Morgan fingerprint density at radius 1 is 1.70 bits per heavy atom. The van der Waals surface area contributed by atoms with Crippen molar-refractivity contribution in [3.8, 4) is 0 Å². The normalized spacial score (nSPS) is 11.3. The average Bonchev–Trinajstić information content (AvgIpc) is 1.85. The molecule has 6 heteroatoms. The molecule has 0 bridgehead atoms. The molecule has 0 spiro atoms. The topological polar surface area (TPSA) is 60.7 Å². The predicted molar refractivity (Wildman–Crippen MR) is 47.9 cm³/mol. The van der Waals surface area contributed by atoms with Crippen molar-refractivity contribution in [3.05, 3.63) is 0 Å². The van der Waals surface area contributed by atoms with Crippen LogP contribution in [-0.2, 0) is 0 Å². The first kappa shape index (κ1) is 13.7. The molecule has 0 aliphatic heterocycles. The van der Waals surface area contributed by atoms with Gasteiger partial charge in [-0.15, -0.1) is 0 Å². The van der Waals surface area contributed by atoms with E-state index in [0.717, 1.165) is 31.6 Å². The van der Waals surface area contributed by atoms with Crippen LogP contribution >= 0.6 is 24.8 Å². The van der Waals surface area contributed by atoms with E-state index in [1.165, 1.54) is 0 Å². The zero-order valence-corrected chi connectivity index (χ0v) is 9.40. The Labute approximate surface area is 88.3 Å². The fourth-order valence-corrected chi connectivity index (χ4v) is 0.387. The number of hydrogen-bond donors (Lipinski definition) is 4. The van der Waals surface area contributed by atoms with Crippen LogP contribution in [0.1, 0.15) is 0 Å². The summed E-state index contributed by atoms with van der Waals surface area (Å²) in [6.45, 7) is -0.0799. The first-order valence-electron chi connectivity index (χ1n) is 2.75. The Morgan fingerprint density at radius 3 is 2.00 bits per heavy atom. The van der Waals surface area contributed by atoms with E-state index in [-0.39, 0.29) is 11.0 Å². The third kappa shape index (κ3) is 22.9. The van der Waals surface area contributed by atoms with Gasteiger partial charge in [0.15, 0.2) is 0 Å². The Morgan fingerprint density at radius 2 is 2.00 bits per heavy atom. The molecule has 56 valence electrons. The molecule has 1 unspecified atom stereocenters. The van der Waals surface area contributed by atoms with Gasteiger partial charge in [-0.3, -0.25) is 0 Å². The van der Waals surface area contributed by atoms with E-state index in [9.17, 15) is 0 Å². The minimum atomic E-state index is -0.448. The molecule has 0 aromatic rings. The van der Waals surface area contributed by atoms with Crippen molar-refractivity contribution in [1.29, 1.82) is 0 Å². The molecular formula is C4H9NaO3S2. The van der Waals surface area contributed by atoms with Gasteiger partial charge in [-0.05, 0) is 12.2 Å². The number of aliphatic hydroxyl groups excluding tert-OH is 3. The van der Waals surface area contributed by atoms with Crippen molar-refractivity contribution in [2.75, 3.05) is 6.61 Å². The molecule has 3 N–H and O–H groups in total. The predicted octanol–water partition coefficient (Wildman–Crippen LogP) is -0.315. The Kier molecular flexibility index (Phi) is 13.9.